The highest BCUT2D eigenvalue weighted by Gasteiger charge is 2.16. The molecular weight excluding hydrogens is 178 g/mol. The molecule has 1 aliphatic rings. The Morgan fingerprint density at radius 1 is 1.71 bits per heavy atom. The molecule has 0 unspecified atom stereocenters. The zero-order chi connectivity index (χ0) is 9.97. The molecule has 0 bridgehead atoms. The molecule has 0 aliphatic carbocycles. The SMILES string of the molecule is Cc1cc(CN2CCN[C@H](C)C2)on1. The van der Waals surface area contributed by atoms with Crippen LogP contribution in [0.25, 0.3) is 0 Å². The van der Waals surface area contributed by atoms with Crippen LogP contribution in [0.3, 0.4) is 0 Å². The van der Waals surface area contributed by atoms with E-state index in [1.165, 1.54) is 0 Å². The van der Waals surface area contributed by atoms with Gasteiger partial charge in [0.15, 0.2) is 5.76 Å². The average Bonchev–Trinajstić information content (AvgIpc) is 2.51. The molecule has 1 aromatic rings. The van der Waals surface area contributed by atoms with Gasteiger partial charge in [-0.05, 0) is 13.8 Å². The molecular formula is C10H17N3O. The van der Waals surface area contributed by atoms with Gasteiger partial charge in [-0.25, -0.2) is 0 Å². The van der Waals surface area contributed by atoms with Crippen LogP contribution in [0.5, 0.6) is 0 Å². The summed E-state index contributed by atoms with van der Waals surface area (Å²) in [6.07, 6.45) is 0. The quantitative estimate of drug-likeness (QED) is 0.757. The first-order valence-electron chi connectivity index (χ1n) is 5.12. The summed E-state index contributed by atoms with van der Waals surface area (Å²) in [5.74, 6) is 0.969. The molecule has 1 N–H and O–H groups in total. The molecule has 78 valence electrons. The van der Waals surface area contributed by atoms with Crippen molar-refractivity contribution in [1.29, 1.82) is 0 Å². The van der Waals surface area contributed by atoms with E-state index in [0.29, 0.717) is 6.04 Å². The van der Waals surface area contributed by atoms with Crippen molar-refractivity contribution in [2.45, 2.75) is 26.4 Å². The average molecular weight is 195 g/mol. The molecule has 1 saturated heterocycles. The normalized spacial score (nSPS) is 24.0. The zero-order valence-electron chi connectivity index (χ0n) is 8.79. The smallest absolute Gasteiger partial charge is 0.150 e. The lowest BCUT2D eigenvalue weighted by molar-refractivity contribution is 0.180. The third kappa shape index (κ3) is 2.33. The molecule has 1 aliphatic heterocycles. The Labute approximate surface area is 84.3 Å². The van der Waals surface area contributed by atoms with Crippen molar-refractivity contribution in [2.24, 2.45) is 0 Å². The van der Waals surface area contributed by atoms with Gasteiger partial charge in [-0.15, -0.1) is 0 Å². The molecule has 1 aromatic heterocycles. The van der Waals surface area contributed by atoms with E-state index in [-0.39, 0.29) is 0 Å². The van der Waals surface area contributed by atoms with E-state index in [9.17, 15) is 0 Å². The van der Waals surface area contributed by atoms with Crippen LogP contribution in [0.1, 0.15) is 18.4 Å². The fourth-order valence-corrected chi connectivity index (χ4v) is 1.87. The first-order chi connectivity index (χ1) is 6.74. The number of rotatable bonds is 2. The van der Waals surface area contributed by atoms with Crippen molar-refractivity contribution < 1.29 is 4.52 Å². The Hall–Kier alpha value is -0.870. The van der Waals surface area contributed by atoms with Crippen LogP contribution in [-0.2, 0) is 6.54 Å². The van der Waals surface area contributed by atoms with Crippen molar-refractivity contribution in [3.8, 4) is 0 Å². The molecule has 4 nitrogen and oxygen atoms in total. The first kappa shape index (κ1) is 9.68. The van der Waals surface area contributed by atoms with Gasteiger partial charge in [-0.1, -0.05) is 5.16 Å². The second-order valence-electron chi connectivity index (χ2n) is 4.02. The minimum atomic E-state index is 0.577. The summed E-state index contributed by atoms with van der Waals surface area (Å²) < 4.78 is 5.19. The number of aromatic nitrogens is 1. The van der Waals surface area contributed by atoms with Crippen LogP contribution in [0.15, 0.2) is 10.6 Å². The first-order valence-corrected chi connectivity index (χ1v) is 5.12. The molecule has 2 heterocycles. The number of nitrogens with one attached hydrogen (secondary N) is 1. The number of hydrogen-bond donors (Lipinski definition) is 1. The zero-order valence-corrected chi connectivity index (χ0v) is 8.79. The molecule has 0 amide bonds. The second kappa shape index (κ2) is 4.11. The number of nitrogens with zero attached hydrogens (tertiary/aromatic N) is 2. The summed E-state index contributed by atoms with van der Waals surface area (Å²) in [6, 6.07) is 2.58. The summed E-state index contributed by atoms with van der Waals surface area (Å²) in [4.78, 5) is 2.39. The Balaban J connectivity index is 1.90. The van der Waals surface area contributed by atoms with E-state index in [1.54, 1.807) is 0 Å². The van der Waals surface area contributed by atoms with Gasteiger partial charge in [0.1, 0.15) is 0 Å². The van der Waals surface area contributed by atoms with Crippen molar-refractivity contribution in [1.82, 2.24) is 15.4 Å². The van der Waals surface area contributed by atoms with Gasteiger partial charge in [0.05, 0.1) is 12.2 Å². The van der Waals surface area contributed by atoms with E-state index in [4.69, 9.17) is 4.52 Å². The Kier molecular flexibility index (Phi) is 2.84. The lowest BCUT2D eigenvalue weighted by Crippen LogP contribution is -2.48. The molecule has 14 heavy (non-hydrogen) atoms. The second-order valence-corrected chi connectivity index (χ2v) is 4.02. The molecule has 0 radical (unpaired) electrons. The monoisotopic (exact) mass is 195 g/mol. The van der Waals surface area contributed by atoms with Crippen molar-refractivity contribution >= 4 is 0 Å². The van der Waals surface area contributed by atoms with Gasteiger partial charge in [-0.2, -0.15) is 0 Å². The minimum Gasteiger partial charge on any atom is -0.360 e. The summed E-state index contributed by atoms with van der Waals surface area (Å²) in [5.41, 5.74) is 0.961. The van der Waals surface area contributed by atoms with Crippen LogP contribution in [-0.4, -0.2) is 35.7 Å². The minimum absolute atomic E-state index is 0.577. The molecule has 0 saturated carbocycles. The van der Waals surface area contributed by atoms with E-state index in [1.807, 2.05) is 13.0 Å². The molecule has 0 spiro atoms. The van der Waals surface area contributed by atoms with E-state index in [0.717, 1.165) is 37.6 Å². The van der Waals surface area contributed by atoms with Crippen LogP contribution < -0.4 is 5.32 Å². The number of hydrogen-bond acceptors (Lipinski definition) is 4. The molecule has 2 rings (SSSR count). The van der Waals surface area contributed by atoms with Crippen LogP contribution >= 0.6 is 0 Å². The highest BCUT2D eigenvalue weighted by atomic mass is 16.5. The highest BCUT2D eigenvalue weighted by molar-refractivity contribution is 5.03. The lowest BCUT2D eigenvalue weighted by Gasteiger charge is -2.30. The number of aryl methyl sites for hydroxylation is 1. The molecule has 0 aromatic carbocycles. The predicted octanol–water partition coefficient (Wildman–Crippen LogP) is 0.777. The molecule has 4 heteroatoms. The van der Waals surface area contributed by atoms with Gasteiger partial charge in [0.25, 0.3) is 0 Å². The van der Waals surface area contributed by atoms with Crippen LogP contribution in [0.4, 0.5) is 0 Å². The van der Waals surface area contributed by atoms with E-state index in [2.05, 4.69) is 22.3 Å². The molecule has 1 fully saturated rings. The van der Waals surface area contributed by atoms with Gasteiger partial charge in [0.2, 0.25) is 0 Å². The van der Waals surface area contributed by atoms with Gasteiger partial charge < -0.3 is 9.84 Å². The molecule has 1 atom stereocenters. The van der Waals surface area contributed by atoms with Gasteiger partial charge >= 0.3 is 0 Å². The summed E-state index contributed by atoms with van der Waals surface area (Å²) >= 11 is 0. The van der Waals surface area contributed by atoms with Crippen molar-refractivity contribution in [2.75, 3.05) is 19.6 Å². The van der Waals surface area contributed by atoms with Gasteiger partial charge in [-0.3, -0.25) is 4.90 Å². The maximum Gasteiger partial charge on any atom is 0.150 e. The topological polar surface area (TPSA) is 41.3 Å². The van der Waals surface area contributed by atoms with Crippen LogP contribution in [0.2, 0.25) is 0 Å². The largest absolute Gasteiger partial charge is 0.360 e. The summed E-state index contributed by atoms with van der Waals surface area (Å²) in [7, 11) is 0. The summed E-state index contributed by atoms with van der Waals surface area (Å²) in [6.45, 7) is 8.27. The fourth-order valence-electron chi connectivity index (χ4n) is 1.87. The third-order valence-electron chi connectivity index (χ3n) is 2.51. The maximum atomic E-state index is 5.19. The van der Waals surface area contributed by atoms with E-state index >= 15 is 0 Å². The van der Waals surface area contributed by atoms with E-state index < -0.39 is 0 Å². The standard InChI is InChI=1S/C10H17N3O/c1-8-5-10(14-12-8)7-13-4-3-11-9(2)6-13/h5,9,11H,3-4,6-7H2,1-2H3/t9-/m1/s1. The van der Waals surface area contributed by atoms with Crippen molar-refractivity contribution in [3.05, 3.63) is 17.5 Å². The summed E-state index contributed by atoms with van der Waals surface area (Å²) in [5, 5.41) is 7.30. The Bertz CT molecular complexity index is 297. The van der Waals surface area contributed by atoms with Gasteiger partial charge in [0, 0.05) is 31.7 Å². The Morgan fingerprint density at radius 2 is 2.57 bits per heavy atom. The van der Waals surface area contributed by atoms with Crippen molar-refractivity contribution in [3.63, 3.8) is 0 Å². The predicted molar refractivity (Wildman–Crippen MR) is 54.0 cm³/mol. The Morgan fingerprint density at radius 3 is 3.21 bits per heavy atom. The third-order valence-corrected chi connectivity index (χ3v) is 2.51. The maximum absolute atomic E-state index is 5.19. The highest BCUT2D eigenvalue weighted by Crippen LogP contribution is 2.08. The fraction of sp³-hybridized carbons (Fsp3) is 0.700. The number of piperazine rings is 1. The van der Waals surface area contributed by atoms with Crippen LogP contribution in [0, 0.1) is 6.92 Å². The lowest BCUT2D eigenvalue weighted by atomic mass is 10.2.